The van der Waals surface area contributed by atoms with Crippen molar-refractivity contribution >= 4 is 17.1 Å². The Labute approximate surface area is 142 Å². The quantitative estimate of drug-likeness (QED) is 0.565. The van der Waals surface area contributed by atoms with Gasteiger partial charge in [0.1, 0.15) is 17.0 Å². The minimum absolute atomic E-state index is 0.229. The van der Waals surface area contributed by atoms with Crippen molar-refractivity contribution in [2.75, 3.05) is 19.0 Å². The predicted octanol–water partition coefficient (Wildman–Crippen LogP) is 3.45. The fraction of sp³-hybridized carbons (Fsp3) is 0.176. The van der Waals surface area contributed by atoms with Gasteiger partial charge in [-0.05, 0) is 36.8 Å². The molecule has 0 amide bonds. The molecular weight excluding hydrogens is 325 g/mol. The summed E-state index contributed by atoms with van der Waals surface area (Å²) < 4.78 is 24.2. The molecule has 0 saturated carbocycles. The summed E-state index contributed by atoms with van der Waals surface area (Å²) in [6.45, 7) is 1.65. The topological polar surface area (TPSA) is 81.1 Å². The second kappa shape index (κ2) is 5.66. The van der Waals surface area contributed by atoms with E-state index in [0.717, 1.165) is 11.8 Å². The lowest BCUT2D eigenvalue weighted by Crippen LogP contribution is -2.08. The summed E-state index contributed by atoms with van der Waals surface area (Å²) >= 11 is 0. The maximum atomic E-state index is 13.3. The maximum Gasteiger partial charge on any atom is 0.297 e. The molecule has 126 valence electrons. The molecule has 0 atom stereocenters. The second-order valence-electron chi connectivity index (χ2n) is 5.82. The summed E-state index contributed by atoms with van der Waals surface area (Å²) in [5, 5.41) is 3.97. The van der Waals surface area contributed by atoms with Crippen molar-refractivity contribution in [2.45, 2.75) is 6.92 Å². The molecule has 0 bridgehead atoms. The highest BCUT2D eigenvalue weighted by Crippen LogP contribution is 2.27. The third-order valence-electron chi connectivity index (χ3n) is 3.71. The monoisotopic (exact) mass is 339 g/mol. The van der Waals surface area contributed by atoms with Crippen molar-refractivity contribution in [3.63, 3.8) is 0 Å². The SMILES string of the molecule is Cc1cc(-c2nc(-c3ccc4oc(N(C)C)nc4c3)no2)ncc1F. The first-order valence-corrected chi connectivity index (χ1v) is 7.56. The Bertz CT molecular complexity index is 1070. The molecule has 3 aromatic heterocycles. The Balaban J connectivity index is 1.71. The number of benzene rings is 1. The maximum absolute atomic E-state index is 13.3. The molecular formula is C17H14FN5O2. The van der Waals surface area contributed by atoms with E-state index in [4.69, 9.17) is 8.94 Å². The molecule has 1 aromatic carbocycles. The smallest absolute Gasteiger partial charge is 0.297 e. The summed E-state index contributed by atoms with van der Waals surface area (Å²) in [5.41, 5.74) is 3.00. The van der Waals surface area contributed by atoms with Gasteiger partial charge in [0.2, 0.25) is 5.82 Å². The molecule has 0 aliphatic rings. The first-order valence-electron chi connectivity index (χ1n) is 7.56. The average molecular weight is 339 g/mol. The van der Waals surface area contributed by atoms with E-state index in [0.29, 0.717) is 34.2 Å². The van der Waals surface area contributed by atoms with Gasteiger partial charge in [-0.2, -0.15) is 9.97 Å². The third-order valence-corrected chi connectivity index (χ3v) is 3.71. The van der Waals surface area contributed by atoms with Gasteiger partial charge in [0.05, 0.1) is 6.20 Å². The molecule has 0 N–H and O–H groups in total. The Morgan fingerprint density at radius 1 is 1.12 bits per heavy atom. The lowest BCUT2D eigenvalue weighted by Gasteiger charge is -2.03. The number of halogens is 1. The average Bonchev–Trinajstić information content (AvgIpc) is 3.23. The summed E-state index contributed by atoms with van der Waals surface area (Å²) in [6.07, 6.45) is 1.14. The number of hydrogen-bond donors (Lipinski definition) is 0. The van der Waals surface area contributed by atoms with Gasteiger partial charge in [0.25, 0.3) is 11.9 Å². The van der Waals surface area contributed by atoms with Crippen molar-refractivity contribution in [3.8, 4) is 23.0 Å². The summed E-state index contributed by atoms with van der Waals surface area (Å²) in [5.74, 6) is 0.249. The van der Waals surface area contributed by atoms with Crippen LogP contribution >= 0.6 is 0 Å². The molecule has 4 aromatic rings. The lowest BCUT2D eigenvalue weighted by atomic mass is 10.2. The van der Waals surface area contributed by atoms with Gasteiger partial charge in [0.15, 0.2) is 5.58 Å². The number of oxazole rings is 1. The summed E-state index contributed by atoms with van der Waals surface area (Å²) in [4.78, 5) is 14.5. The molecule has 3 heterocycles. The van der Waals surface area contributed by atoms with Crippen LogP contribution in [0.3, 0.4) is 0 Å². The van der Waals surface area contributed by atoms with Crippen LogP contribution in [0.15, 0.2) is 39.4 Å². The molecule has 0 aliphatic heterocycles. The van der Waals surface area contributed by atoms with Gasteiger partial charge in [-0.25, -0.2) is 9.37 Å². The van der Waals surface area contributed by atoms with Crippen molar-refractivity contribution < 1.29 is 13.3 Å². The Morgan fingerprint density at radius 2 is 1.96 bits per heavy atom. The van der Waals surface area contributed by atoms with Gasteiger partial charge in [-0.15, -0.1) is 0 Å². The van der Waals surface area contributed by atoms with E-state index < -0.39 is 0 Å². The zero-order valence-electron chi connectivity index (χ0n) is 13.8. The number of nitrogens with zero attached hydrogens (tertiary/aromatic N) is 5. The van der Waals surface area contributed by atoms with Crippen LogP contribution in [0, 0.1) is 12.7 Å². The molecule has 0 fully saturated rings. The van der Waals surface area contributed by atoms with Crippen LogP contribution in [0.2, 0.25) is 0 Å². The van der Waals surface area contributed by atoms with Gasteiger partial charge < -0.3 is 13.8 Å². The number of aryl methyl sites for hydroxylation is 1. The third kappa shape index (κ3) is 2.71. The van der Waals surface area contributed by atoms with Gasteiger partial charge in [0, 0.05) is 19.7 Å². The molecule has 7 nitrogen and oxygen atoms in total. The first-order chi connectivity index (χ1) is 12.0. The summed E-state index contributed by atoms with van der Waals surface area (Å²) in [7, 11) is 3.71. The predicted molar refractivity (Wildman–Crippen MR) is 89.6 cm³/mol. The van der Waals surface area contributed by atoms with Crippen LogP contribution < -0.4 is 4.90 Å². The number of pyridine rings is 1. The zero-order chi connectivity index (χ0) is 17.6. The van der Waals surface area contributed by atoms with Crippen LogP contribution in [-0.2, 0) is 0 Å². The van der Waals surface area contributed by atoms with Crippen LogP contribution in [0.1, 0.15) is 5.56 Å². The van der Waals surface area contributed by atoms with E-state index in [9.17, 15) is 4.39 Å². The largest absolute Gasteiger partial charge is 0.423 e. The molecule has 25 heavy (non-hydrogen) atoms. The first kappa shape index (κ1) is 15.3. The van der Waals surface area contributed by atoms with Gasteiger partial charge in [-0.1, -0.05) is 5.16 Å². The standard InChI is InChI=1S/C17H14FN5O2/c1-9-6-13(19-8-11(9)18)16-21-15(22-25-16)10-4-5-14-12(7-10)20-17(24-14)23(2)3/h4-8H,1-3H3. The number of fused-ring (bicyclic) bond motifs is 1. The highest BCUT2D eigenvalue weighted by atomic mass is 19.1. The fourth-order valence-electron chi connectivity index (χ4n) is 2.35. The van der Waals surface area contributed by atoms with Gasteiger partial charge >= 0.3 is 0 Å². The normalized spacial score (nSPS) is 11.2. The number of hydrogen-bond acceptors (Lipinski definition) is 7. The number of anilines is 1. The van der Waals surface area contributed by atoms with Crippen molar-refractivity contribution in [2.24, 2.45) is 0 Å². The van der Waals surface area contributed by atoms with Crippen LogP contribution in [0.25, 0.3) is 34.1 Å². The van der Waals surface area contributed by atoms with E-state index in [1.54, 1.807) is 24.0 Å². The Kier molecular flexibility index (Phi) is 3.45. The molecule has 8 heteroatoms. The molecule has 4 rings (SSSR count). The highest BCUT2D eigenvalue weighted by Gasteiger charge is 2.15. The zero-order valence-corrected chi connectivity index (χ0v) is 13.8. The molecule has 0 saturated heterocycles. The molecule has 0 aliphatic carbocycles. The summed E-state index contributed by atoms with van der Waals surface area (Å²) in [6, 6.07) is 7.54. The minimum Gasteiger partial charge on any atom is -0.423 e. The number of aromatic nitrogens is 4. The van der Waals surface area contributed by atoms with E-state index >= 15 is 0 Å². The van der Waals surface area contributed by atoms with E-state index in [1.165, 1.54) is 0 Å². The van der Waals surface area contributed by atoms with E-state index in [-0.39, 0.29) is 11.7 Å². The number of rotatable bonds is 3. The van der Waals surface area contributed by atoms with Crippen LogP contribution in [0.5, 0.6) is 0 Å². The Hall–Kier alpha value is -3.29. The van der Waals surface area contributed by atoms with Crippen molar-refractivity contribution in [3.05, 3.63) is 41.8 Å². The van der Waals surface area contributed by atoms with E-state index in [1.807, 2.05) is 26.2 Å². The molecule has 0 spiro atoms. The molecule has 0 unspecified atom stereocenters. The lowest BCUT2D eigenvalue weighted by molar-refractivity contribution is 0.430. The van der Waals surface area contributed by atoms with Gasteiger partial charge in [-0.3, -0.25) is 0 Å². The highest BCUT2D eigenvalue weighted by molar-refractivity contribution is 5.80. The van der Waals surface area contributed by atoms with Crippen molar-refractivity contribution in [1.82, 2.24) is 20.1 Å². The van der Waals surface area contributed by atoms with Crippen LogP contribution in [0.4, 0.5) is 10.4 Å². The second-order valence-corrected chi connectivity index (χ2v) is 5.82. The minimum atomic E-state index is -0.378. The molecule has 0 radical (unpaired) electrons. The fourth-order valence-corrected chi connectivity index (χ4v) is 2.35. The Morgan fingerprint density at radius 3 is 2.72 bits per heavy atom. The van der Waals surface area contributed by atoms with Crippen molar-refractivity contribution in [1.29, 1.82) is 0 Å². The van der Waals surface area contributed by atoms with E-state index in [2.05, 4.69) is 20.1 Å². The van der Waals surface area contributed by atoms with Crippen LogP contribution in [-0.4, -0.2) is 34.2 Å².